The van der Waals surface area contributed by atoms with Crippen molar-refractivity contribution in [3.05, 3.63) is 24.6 Å². The summed E-state index contributed by atoms with van der Waals surface area (Å²) < 4.78 is 15.2. The van der Waals surface area contributed by atoms with Crippen LogP contribution in [-0.4, -0.2) is 49.0 Å². The minimum Gasteiger partial charge on any atom is -0.387 e. The Morgan fingerprint density at radius 1 is 1.32 bits per heavy atom. The number of nitrogens with one attached hydrogen (secondary N) is 1. The smallest absolute Gasteiger partial charge is 0.166 e. The molecule has 3 unspecified atom stereocenters. The molecular weight excluding hydrogens is 253 g/mol. The Morgan fingerprint density at radius 2 is 2.11 bits per heavy atom. The van der Waals surface area contributed by atoms with Gasteiger partial charge in [0.2, 0.25) is 0 Å². The minimum absolute atomic E-state index is 0.390. The summed E-state index contributed by atoms with van der Waals surface area (Å²) in [5.41, 5.74) is 0.868. The number of aliphatic hydroxyl groups is 2. The highest BCUT2D eigenvalue weighted by atomic mass is 19.1. The van der Waals surface area contributed by atoms with Gasteiger partial charge in [-0.25, -0.2) is 19.3 Å². The number of aromatic nitrogens is 4. The number of aliphatic hydroxyl groups excluding tert-OH is 2. The van der Waals surface area contributed by atoms with Crippen molar-refractivity contribution in [2.75, 3.05) is 12.4 Å². The third kappa shape index (κ3) is 1.68. The van der Waals surface area contributed by atoms with Crippen LogP contribution >= 0.6 is 0 Å². The Labute approximate surface area is 107 Å². The van der Waals surface area contributed by atoms with Crippen LogP contribution in [0.2, 0.25) is 0 Å². The molecule has 2 aromatic heterocycles. The van der Waals surface area contributed by atoms with E-state index in [0.29, 0.717) is 17.0 Å². The molecule has 0 radical (unpaired) electrons. The average Bonchev–Trinajstić information content (AvgIpc) is 2.92. The molecule has 19 heavy (non-hydrogen) atoms. The third-order valence-corrected chi connectivity index (χ3v) is 3.18. The summed E-state index contributed by atoms with van der Waals surface area (Å²) in [4.78, 5) is 12.2. The Kier molecular flexibility index (Phi) is 2.68. The van der Waals surface area contributed by atoms with Crippen molar-refractivity contribution >= 4 is 17.0 Å². The first-order chi connectivity index (χ1) is 9.13. The maximum Gasteiger partial charge on any atom is 0.166 e. The van der Waals surface area contributed by atoms with Gasteiger partial charge < -0.3 is 20.1 Å². The number of halogens is 1. The van der Waals surface area contributed by atoms with E-state index >= 15 is 0 Å². The van der Waals surface area contributed by atoms with Crippen LogP contribution in [0.4, 0.5) is 10.2 Å². The van der Waals surface area contributed by atoms with E-state index in [0.717, 1.165) is 6.08 Å². The fourth-order valence-corrected chi connectivity index (χ4v) is 2.25. The lowest BCUT2D eigenvalue weighted by atomic mass is 10.2. The summed E-state index contributed by atoms with van der Waals surface area (Å²) in [7, 11) is 1.69. The van der Waals surface area contributed by atoms with Crippen LogP contribution in [0.25, 0.3) is 11.2 Å². The number of fused-ring (bicyclic) bond motifs is 1. The SMILES string of the molecule is CNc1ncnc2c1ncn2C1C(F)=CC(O)C1O. The standard InChI is InChI=1S/C11H12FN5O2/c1-13-10-7-11(15-3-14-10)17(4-16-7)8-5(12)2-6(18)9(8)19/h2-4,6,8-9,18-19H,1H3,(H,13,14,15). The molecule has 0 fully saturated rings. The lowest BCUT2D eigenvalue weighted by molar-refractivity contribution is 0.0338. The minimum atomic E-state index is -1.26. The first-order valence-corrected chi connectivity index (χ1v) is 5.72. The molecule has 0 spiro atoms. The van der Waals surface area contributed by atoms with E-state index in [1.807, 2.05) is 0 Å². The normalized spacial score (nSPS) is 26.7. The van der Waals surface area contributed by atoms with Gasteiger partial charge in [-0.05, 0) is 6.08 Å². The number of anilines is 1. The zero-order valence-electron chi connectivity index (χ0n) is 10.0. The van der Waals surface area contributed by atoms with E-state index in [-0.39, 0.29) is 0 Å². The molecular formula is C11H12FN5O2. The van der Waals surface area contributed by atoms with Gasteiger partial charge in [-0.15, -0.1) is 0 Å². The summed E-state index contributed by atoms with van der Waals surface area (Å²) in [5.74, 6) is -0.0925. The third-order valence-electron chi connectivity index (χ3n) is 3.18. The molecule has 8 heteroatoms. The monoisotopic (exact) mass is 265 g/mol. The first kappa shape index (κ1) is 12.0. The number of imidazole rings is 1. The van der Waals surface area contributed by atoms with Crippen molar-refractivity contribution in [1.29, 1.82) is 0 Å². The van der Waals surface area contributed by atoms with Gasteiger partial charge in [0, 0.05) is 7.05 Å². The average molecular weight is 265 g/mol. The molecule has 0 aliphatic heterocycles. The molecule has 0 amide bonds. The van der Waals surface area contributed by atoms with Crippen molar-refractivity contribution in [3.63, 3.8) is 0 Å². The quantitative estimate of drug-likeness (QED) is 0.707. The van der Waals surface area contributed by atoms with Gasteiger partial charge in [-0.3, -0.25) is 0 Å². The molecule has 0 saturated carbocycles. The predicted octanol–water partition coefficient (Wildman–Crippen LogP) is -0.00210. The van der Waals surface area contributed by atoms with Crippen LogP contribution < -0.4 is 5.32 Å². The summed E-state index contributed by atoms with van der Waals surface area (Å²) in [5, 5.41) is 22.2. The second kappa shape index (κ2) is 4.25. The fourth-order valence-electron chi connectivity index (χ4n) is 2.25. The molecule has 3 atom stereocenters. The van der Waals surface area contributed by atoms with E-state index in [2.05, 4.69) is 20.3 Å². The molecule has 0 bridgehead atoms. The molecule has 100 valence electrons. The van der Waals surface area contributed by atoms with Gasteiger partial charge >= 0.3 is 0 Å². The van der Waals surface area contributed by atoms with Gasteiger partial charge in [0.15, 0.2) is 11.5 Å². The maximum atomic E-state index is 13.8. The van der Waals surface area contributed by atoms with Gasteiger partial charge in [-0.1, -0.05) is 0 Å². The molecule has 2 aromatic rings. The van der Waals surface area contributed by atoms with Crippen LogP contribution in [0.3, 0.4) is 0 Å². The van der Waals surface area contributed by atoms with Gasteiger partial charge in [0.05, 0.1) is 6.33 Å². The highest BCUT2D eigenvalue weighted by Crippen LogP contribution is 2.34. The van der Waals surface area contributed by atoms with Crippen LogP contribution in [0.5, 0.6) is 0 Å². The Hall–Kier alpha value is -2.06. The van der Waals surface area contributed by atoms with Crippen molar-refractivity contribution in [1.82, 2.24) is 19.5 Å². The lowest BCUT2D eigenvalue weighted by Gasteiger charge is -2.18. The highest BCUT2D eigenvalue weighted by molar-refractivity contribution is 5.82. The van der Waals surface area contributed by atoms with Crippen molar-refractivity contribution in [3.8, 4) is 0 Å². The Morgan fingerprint density at radius 3 is 2.74 bits per heavy atom. The molecule has 7 nitrogen and oxygen atoms in total. The fraction of sp³-hybridized carbons (Fsp3) is 0.364. The lowest BCUT2D eigenvalue weighted by Crippen LogP contribution is -2.28. The number of rotatable bonds is 2. The van der Waals surface area contributed by atoms with Gasteiger partial charge in [0.25, 0.3) is 0 Å². The highest BCUT2D eigenvalue weighted by Gasteiger charge is 2.38. The molecule has 3 N–H and O–H groups in total. The zero-order chi connectivity index (χ0) is 13.6. The van der Waals surface area contributed by atoms with Crippen LogP contribution in [0, 0.1) is 0 Å². The molecule has 1 aliphatic rings. The van der Waals surface area contributed by atoms with E-state index in [1.165, 1.54) is 17.2 Å². The summed E-state index contributed by atoms with van der Waals surface area (Å²) in [6.45, 7) is 0. The predicted molar refractivity (Wildman–Crippen MR) is 65.1 cm³/mol. The summed E-state index contributed by atoms with van der Waals surface area (Å²) in [6.07, 6.45) is 1.20. The second-order valence-corrected chi connectivity index (χ2v) is 4.27. The number of nitrogens with zero attached hydrogens (tertiary/aromatic N) is 4. The molecule has 0 aromatic carbocycles. The van der Waals surface area contributed by atoms with E-state index in [9.17, 15) is 14.6 Å². The van der Waals surface area contributed by atoms with Crippen molar-refractivity contribution in [2.24, 2.45) is 0 Å². The van der Waals surface area contributed by atoms with E-state index in [4.69, 9.17) is 0 Å². The zero-order valence-corrected chi connectivity index (χ0v) is 10.0. The molecule has 1 aliphatic carbocycles. The van der Waals surface area contributed by atoms with Crippen molar-refractivity contribution < 1.29 is 14.6 Å². The maximum absolute atomic E-state index is 13.8. The number of hydrogen-bond acceptors (Lipinski definition) is 6. The van der Waals surface area contributed by atoms with Crippen LogP contribution in [0.1, 0.15) is 6.04 Å². The largest absolute Gasteiger partial charge is 0.387 e. The number of hydrogen-bond donors (Lipinski definition) is 3. The van der Waals surface area contributed by atoms with Gasteiger partial charge in [0.1, 0.15) is 35.9 Å². The first-order valence-electron chi connectivity index (χ1n) is 5.72. The molecule has 2 heterocycles. The summed E-state index contributed by atoms with van der Waals surface area (Å²) in [6, 6.07) is -1.01. The van der Waals surface area contributed by atoms with Gasteiger partial charge in [-0.2, -0.15) is 0 Å². The van der Waals surface area contributed by atoms with Crippen LogP contribution in [0.15, 0.2) is 24.6 Å². The van der Waals surface area contributed by atoms with Crippen molar-refractivity contribution in [2.45, 2.75) is 18.2 Å². The van der Waals surface area contributed by atoms with E-state index < -0.39 is 24.1 Å². The molecule has 3 rings (SSSR count). The van der Waals surface area contributed by atoms with Crippen LogP contribution in [-0.2, 0) is 0 Å². The van der Waals surface area contributed by atoms with E-state index in [1.54, 1.807) is 7.05 Å². The molecule has 0 saturated heterocycles. The Bertz CT molecular complexity index is 656. The topological polar surface area (TPSA) is 96.1 Å². The summed E-state index contributed by atoms with van der Waals surface area (Å²) >= 11 is 0. The second-order valence-electron chi connectivity index (χ2n) is 4.27. The Balaban J connectivity index is 2.14.